The standard InChI is InChI=1S/C24BF20.C23H16NO/c26-5-1(6(27)14(35)21(42)13(5)34)25(2-7(28)15(36)22(43)16(37)8(2)29,3-9(30)17(38)23(44)18(39)10(3)31)4-11(32)19(40)24(45)20(41)12(4)33;1-2-10-20-16-24(14-13-17(20)7-1)25-23-21-11-5-3-8-18(21)15-19-9-4-6-12-22(19)23/h;1-16H/q-1;+1. The van der Waals surface area contributed by atoms with E-state index in [1.54, 1.807) is 4.73 Å². The van der Waals surface area contributed by atoms with Gasteiger partial charge in [-0.25, -0.2) is 92.6 Å². The van der Waals surface area contributed by atoms with E-state index in [0.29, 0.717) is 0 Å². The van der Waals surface area contributed by atoms with Crippen LogP contribution in [-0.2, 0) is 0 Å². The maximum atomic E-state index is 15.4. The van der Waals surface area contributed by atoms with E-state index in [4.69, 9.17) is 4.84 Å². The summed E-state index contributed by atoms with van der Waals surface area (Å²) in [7, 11) is 0. The number of hydrogen-bond acceptors (Lipinski definition) is 1. The zero-order valence-corrected chi connectivity index (χ0v) is 33.7. The second-order valence-electron chi connectivity index (χ2n) is 15.0. The van der Waals surface area contributed by atoms with Crippen LogP contribution < -0.4 is 31.4 Å². The van der Waals surface area contributed by atoms with Crippen LogP contribution in [0.4, 0.5) is 87.8 Å². The molecule has 0 aliphatic heterocycles. The fraction of sp³-hybridized carbons (Fsp3) is 0. The van der Waals surface area contributed by atoms with Gasteiger partial charge in [-0.15, -0.1) is 21.9 Å². The third kappa shape index (κ3) is 7.27. The zero-order valence-electron chi connectivity index (χ0n) is 33.7. The molecule has 2 nitrogen and oxygen atoms in total. The summed E-state index contributed by atoms with van der Waals surface area (Å²) in [5.74, 6) is -70.5. The van der Waals surface area contributed by atoms with E-state index < -0.39 is 144 Å². The predicted octanol–water partition coefficient (Wildman–Crippen LogP) is 11.1. The molecule has 0 radical (unpaired) electrons. The summed E-state index contributed by atoms with van der Waals surface area (Å²) in [6, 6.07) is 29.3. The molecule has 8 aromatic carbocycles. The van der Waals surface area contributed by atoms with Crippen LogP contribution in [0.5, 0.6) is 5.75 Å². The zero-order chi connectivity index (χ0) is 51.0. The van der Waals surface area contributed by atoms with Crippen molar-refractivity contribution in [3.05, 3.63) is 214 Å². The fourth-order valence-electron chi connectivity index (χ4n) is 8.22. The first kappa shape index (κ1) is 48.6. The largest absolute Gasteiger partial charge is 0.230 e. The Morgan fingerprint density at radius 3 is 0.857 bits per heavy atom. The van der Waals surface area contributed by atoms with Crippen LogP contribution in [-0.4, -0.2) is 6.15 Å². The van der Waals surface area contributed by atoms with Crippen molar-refractivity contribution >= 4 is 60.3 Å². The third-order valence-corrected chi connectivity index (χ3v) is 11.3. The van der Waals surface area contributed by atoms with Crippen LogP contribution in [0.1, 0.15) is 0 Å². The van der Waals surface area contributed by atoms with Gasteiger partial charge in [-0.1, -0.05) is 66.7 Å². The van der Waals surface area contributed by atoms with Crippen LogP contribution in [0.15, 0.2) is 97.3 Å². The van der Waals surface area contributed by atoms with Crippen molar-refractivity contribution in [3.8, 4) is 5.75 Å². The van der Waals surface area contributed by atoms with Gasteiger partial charge in [0.15, 0.2) is 69.8 Å². The number of nitrogens with zero attached hydrogens (tertiary/aromatic N) is 1. The summed E-state index contributed by atoms with van der Waals surface area (Å²) in [4.78, 5) is 6.33. The second kappa shape index (κ2) is 17.9. The molecule has 0 atom stereocenters. The molecule has 0 N–H and O–H groups in total. The summed E-state index contributed by atoms with van der Waals surface area (Å²) < 4.78 is 296. The Labute approximate surface area is 376 Å². The Balaban J connectivity index is 0.000000219. The molecule has 0 aliphatic carbocycles. The monoisotopic (exact) mass is 1000 g/mol. The third-order valence-electron chi connectivity index (χ3n) is 11.3. The summed E-state index contributed by atoms with van der Waals surface area (Å²) in [6.07, 6.45) is -3.24. The minimum atomic E-state index is -7.22. The number of benzene rings is 8. The molecule has 0 unspecified atom stereocenters. The lowest BCUT2D eigenvalue weighted by Crippen LogP contribution is -2.81. The molecule has 1 aromatic heterocycles. The maximum absolute atomic E-state index is 15.4. The Morgan fingerprint density at radius 1 is 0.286 bits per heavy atom. The number of aromatic nitrogens is 1. The normalized spacial score (nSPS) is 11.7. The lowest BCUT2D eigenvalue weighted by Gasteiger charge is -2.44. The average Bonchev–Trinajstić information content (AvgIpc) is 3.36. The van der Waals surface area contributed by atoms with Gasteiger partial charge < -0.3 is 0 Å². The van der Waals surface area contributed by atoms with Crippen LogP contribution in [0.25, 0.3) is 32.3 Å². The Hall–Kier alpha value is -7.85. The van der Waals surface area contributed by atoms with Crippen molar-refractivity contribution in [3.63, 3.8) is 0 Å². The highest BCUT2D eigenvalue weighted by Gasteiger charge is 2.52. The van der Waals surface area contributed by atoms with Crippen molar-refractivity contribution in [1.29, 1.82) is 0 Å². The smallest absolute Gasteiger partial charge is 0.230 e. The van der Waals surface area contributed by atoms with Crippen LogP contribution in [0.2, 0.25) is 0 Å². The summed E-state index contributed by atoms with van der Waals surface area (Å²) in [6.45, 7) is 0. The van der Waals surface area contributed by atoms with Gasteiger partial charge in [-0.3, -0.25) is 0 Å². The molecule has 9 aromatic rings. The maximum Gasteiger partial charge on any atom is 0.230 e. The van der Waals surface area contributed by atoms with Crippen LogP contribution in [0.3, 0.4) is 0 Å². The lowest BCUT2D eigenvalue weighted by molar-refractivity contribution is -0.873. The molecule has 1 heterocycles. The molecule has 0 saturated carbocycles. The van der Waals surface area contributed by atoms with Gasteiger partial charge in [0.2, 0.25) is 18.1 Å². The topological polar surface area (TPSA) is 13.1 Å². The van der Waals surface area contributed by atoms with Crippen molar-refractivity contribution in [2.75, 3.05) is 0 Å². The van der Waals surface area contributed by atoms with Crippen molar-refractivity contribution in [2.24, 2.45) is 0 Å². The Bertz CT molecular complexity index is 3230. The molecule has 23 heteroatoms. The highest BCUT2D eigenvalue weighted by Crippen LogP contribution is 2.35. The van der Waals surface area contributed by atoms with Crippen LogP contribution >= 0.6 is 0 Å². The van der Waals surface area contributed by atoms with E-state index in [9.17, 15) is 52.7 Å². The lowest BCUT2D eigenvalue weighted by atomic mass is 9.12. The van der Waals surface area contributed by atoms with Gasteiger partial charge in [-0.05, 0) is 28.3 Å². The van der Waals surface area contributed by atoms with Crippen molar-refractivity contribution in [2.45, 2.75) is 0 Å². The second-order valence-corrected chi connectivity index (χ2v) is 15.0. The first-order valence-corrected chi connectivity index (χ1v) is 19.3. The van der Waals surface area contributed by atoms with E-state index in [1.165, 1.54) is 16.2 Å². The van der Waals surface area contributed by atoms with Gasteiger partial charge in [0.05, 0.1) is 5.39 Å². The van der Waals surface area contributed by atoms with Gasteiger partial charge >= 0.3 is 0 Å². The van der Waals surface area contributed by atoms with Gasteiger partial charge in [0, 0.05) is 21.6 Å². The molecule has 70 heavy (non-hydrogen) atoms. The molecule has 358 valence electrons. The van der Waals surface area contributed by atoms with E-state index in [1.807, 2.05) is 24.5 Å². The first-order chi connectivity index (χ1) is 33.1. The summed E-state index contributed by atoms with van der Waals surface area (Å²) >= 11 is 0. The van der Waals surface area contributed by atoms with Gasteiger partial charge in [0.25, 0.3) is 0 Å². The number of hydrogen-bond donors (Lipinski definition) is 0. The van der Waals surface area contributed by atoms with Crippen LogP contribution in [0, 0.1) is 116 Å². The van der Waals surface area contributed by atoms with Gasteiger partial charge in [0.1, 0.15) is 52.7 Å². The molecule has 0 aliphatic rings. The van der Waals surface area contributed by atoms with Crippen molar-refractivity contribution < 1.29 is 97.4 Å². The predicted molar refractivity (Wildman–Crippen MR) is 211 cm³/mol. The molecule has 0 fully saturated rings. The molecule has 0 amide bonds. The molecule has 9 rings (SSSR count). The highest BCUT2D eigenvalue weighted by atomic mass is 19.2. The Morgan fingerprint density at radius 2 is 0.543 bits per heavy atom. The molecule has 0 spiro atoms. The first-order valence-electron chi connectivity index (χ1n) is 19.3. The number of rotatable bonds is 6. The van der Waals surface area contributed by atoms with E-state index >= 15 is 35.1 Å². The SMILES string of the molecule is Fc1c(F)c(F)c([B-](c2c(F)c(F)c(F)c(F)c2F)(c2c(F)c(F)c(F)c(F)c2F)c2c(F)c(F)c(F)c(F)c2F)c(F)c1F.c1ccc2c[n+](Oc3c4ccccc4cc4ccccc34)ccc2c1. The average molecular weight is 1000 g/mol. The molecule has 0 bridgehead atoms. The molecular formula is C47H16BF20NO. The number of halogens is 20. The minimum Gasteiger partial charge on any atom is -0.230 e. The summed E-state index contributed by atoms with van der Waals surface area (Å²) in [5, 5.41) is 6.93. The molecular weight excluding hydrogens is 985 g/mol. The van der Waals surface area contributed by atoms with Crippen molar-refractivity contribution in [1.82, 2.24) is 0 Å². The Kier molecular flexibility index (Phi) is 12.4. The quantitative estimate of drug-likeness (QED) is 0.0404. The number of fused-ring (bicyclic) bond motifs is 3. The van der Waals surface area contributed by atoms with E-state index in [0.717, 1.165) is 21.9 Å². The fourth-order valence-corrected chi connectivity index (χ4v) is 8.22. The van der Waals surface area contributed by atoms with E-state index in [2.05, 4.69) is 72.8 Å². The van der Waals surface area contributed by atoms with E-state index in [-0.39, 0.29) is 0 Å². The van der Waals surface area contributed by atoms with Gasteiger partial charge in [-0.2, -0.15) is 0 Å². The molecule has 0 saturated heterocycles. The number of pyridine rings is 1. The minimum absolute atomic E-state index is 0.883. The summed E-state index contributed by atoms with van der Waals surface area (Å²) in [5.41, 5.74) is -14.3. The highest BCUT2D eigenvalue weighted by molar-refractivity contribution is 7.20.